The maximum Gasteiger partial charge on any atom is 0.225 e. The van der Waals surface area contributed by atoms with Crippen LogP contribution in [0.4, 0.5) is 0 Å². The molecule has 3 unspecified atom stereocenters. The number of carbonyl (C=O) groups excluding carboxylic acids is 1. The van der Waals surface area contributed by atoms with Crippen LogP contribution >= 0.6 is 11.6 Å². The number of nitrogens with zero attached hydrogens (tertiary/aromatic N) is 1. The van der Waals surface area contributed by atoms with Gasteiger partial charge in [0.05, 0.1) is 6.04 Å². The summed E-state index contributed by atoms with van der Waals surface area (Å²) < 4.78 is 0. The summed E-state index contributed by atoms with van der Waals surface area (Å²) in [6.45, 7) is 2.05. The second kappa shape index (κ2) is 6.59. The molecule has 1 aromatic rings. The van der Waals surface area contributed by atoms with Crippen molar-refractivity contribution in [1.29, 1.82) is 0 Å². The summed E-state index contributed by atoms with van der Waals surface area (Å²) in [5, 5.41) is 0.716. The van der Waals surface area contributed by atoms with Crippen molar-refractivity contribution in [2.75, 3.05) is 7.05 Å². The summed E-state index contributed by atoms with van der Waals surface area (Å²) >= 11 is 5.90. The highest BCUT2D eigenvalue weighted by atomic mass is 35.5. The molecule has 0 heterocycles. The van der Waals surface area contributed by atoms with Gasteiger partial charge in [0.15, 0.2) is 0 Å². The highest BCUT2D eigenvalue weighted by Gasteiger charge is 2.29. The van der Waals surface area contributed by atoms with Crippen LogP contribution in [0, 0.1) is 5.92 Å². The van der Waals surface area contributed by atoms with Gasteiger partial charge in [-0.1, -0.05) is 30.2 Å². The molecule has 0 bridgehead atoms. The lowest BCUT2D eigenvalue weighted by Gasteiger charge is -2.32. The van der Waals surface area contributed by atoms with Gasteiger partial charge in [0, 0.05) is 24.0 Å². The second-order valence-corrected chi connectivity index (χ2v) is 6.24. The van der Waals surface area contributed by atoms with Gasteiger partial charge in [-0.15, -0.1) is 0 Å². The van der Waals surface area contributed by atoms with Crippen molar-refractivity contribution in [3.63, 3.8) is 0 Å². The second-order valence-electron chi connectivity index (χ2n) is 5.80. The van der Waals surface area contributed by atoms with Crippen LogP contribution in [0.5, 0.6) is 0 Å². The van der Waals surface area contributed by atoms with E-state index < -0.39 is 0 Å². The van der Waals surface area contributed by atoms with Crippen molar-refractivity contribution in [2.45, 2.75) is 44.7 Å². The molecule has 4 heteroatoms. The average molecular weight is 295 g/mol. The zero-order chi connectivity index (χ0) is 14.7. The fourth-order valence-electron chi connectivity index (χ4n) is 2.90. The van der Waals surface area contributed by atoms with E-state index in [1.807, 2.05) is 43.1 Å². The molecule has 2 rings (SSSR count). The highest BCUT2D eigenvalue weighted by Crippen LogP contribution is 2.28. The number of amides is 1. The van der Waals surface area contributed by atoms with E-state index >= 15 is 0 Å². The number of benzene rings is 1. The molecular formula is C16H23ClN2O. The third kappa shape index (κ3) is 3.53. The molecular weight excluding hydrogens is 272 g/mol. The van der Waals surface area contributed by atoms with Gasteiger partial charge in [-0.25, -0.2) is 0 Å². The first kappa shape index (κ1) is 15.3. The third-order valence-electron chi connectivity index (χ3n) is 4.34. The molecule has 0 aromatic heterocycles. The number of hydrogen-bond donors (Lipinski definition) is 1. The van der Waals surface area contributed by atoms with Crippen molar-refractivity contribution < 1.29 is 4.79 Å². The Kier molecular flexibility index (Phi) is 5.06. The SMILES string of the molecule is CC(c1ccc(Cl)cc1)N(C)C(=O)C1CCCC(N)C1. The van der Waals surface area contributed by atoms with E-state index in [1.54, 1.807) is 0 Å². The zero-order valence-corrected chi connectivity index (χ0v) is 12.9. The lowest BCUT2D eigenvalue weighted by molar-refractivity contribution is -0.137. The Morgan fingerprint density at radius 1 is 1.35 bits per heavy atom. The monoisotopic (exact) mass is 294 g/mol. The molecule has 1 aromatic carbocycles. The molecule has 1 fully saturated rings. The van der Waals surface area contributed by atoms with Gasteiger partial charge in [-0.2, -0.15) is 0 Å². The summed E-state index contributed by atoms with van der Waals surface area (Å²) in [5.74, 6) is 0.293. The number of nitrogens with two attached hydrogens (primary N) is 1. The van der Waals surface area contributed by atoms with E-state index in [4.69, 9.17) is 17.3 Å². The summed E-state index contributed by atoms with van der Waals surface area (Å²) in [7, 11) is 1.88. The van der Waals surface area contributed by atoms with Crippen molar-refractivity contribution in [3.8, 4) is 0 Å². The van der Waals surface area contributed by atoms with Crippen molar-refractivity contribution in [1.82, 2.24) is 4.90 Å². The van der Waals surface area contributed by atoms with Crippen LogP contribution in [0.15, 0.2) is 24.3 Å². The molecule has 3 atom stereocenters. The largest absolute Gasteiger partial charge is 0.339 e. The van der Waals surface area contributed by atoms with E-state index in [0.717, 1.165) is 31.2 Å². The van der Waals surface area contributed by atoms with Gasteiger partial charge in [0.25, 0.3) is 0 Å². The minimum absolute atomic E-state index is 0.0536. The first-order chi connectivity index (χ1) is 9.49. The van der Waals surface area contributed by atoms with E-state index in [-0.39, 0.29) is 23.9 Å². The molecule has 20 heavy (non-hydrogen) atoms. The molecule has 0 aliphatic heterocycles. The van der Waals surface area contributed by atoms with Gasteiger partial charge >= 0.3 is 0 Å². The van der Waals surface area contributed by atoms with E-state index in [0.29, 0.717) is 5.02 Å². The normalized spacial score (nSPS) is 24.2. The van der Waals surface area contributed by atoms with E-state index in [1.165, 1.54) is 0 Å². The van der Waals surface area contributed by atoms with Gasteiger partial charge in [-0.05, 0) is 43.9 Å². The molecule has 3 nitrogen and oxygen atoms in total. The maximum absolute atomic E-state index is 12.6. The Morgan fingerprint density at radius 3 is 2.60 bits per heavy atom. The van der Waals surface area contributed by atoms with Crippen LogP contribution < -0.4 is 5.73 Å². The zero-order valence-electron chi connectivity index (χ0n) is 12.2. The molecule has 1 saturated carbocycles. The lowest BCUT2D eigenvalue weighted by Crippen LogP contribution is -2.39. The molecule has 0 spiro atoms. The topological polar surface area (TPSA) is 46.3 Å². The third-order valence-corrected chi connectivity index (χ3v) is 4.60. The van der Waals surface area contributed by atoms with Gasteiger partial charge in [0.1, 0.15) is 0 Å². The van der Waals surface area contributed by atoms with Crippen molar-refractivity contribution in [3.05, 3.63) is 34.9 Å². The standard InChI is InChI=1S/C16H23ClN2O/c1-11(12-6-8-14(17)9-7-12)19(2)16(20)13-4-3-5-15(18)10-13/h6-9,11,13,15H,3-5,10,18H2,1-2H3. The number of carbonyl (C=O) groups is 1. The van der Waals surface area contributed by atoms with Crippen LogP contribution in [0.3, 0.4) is 0 Å². The average Bonchev–Trinajstić information content (AvgIpc) is 2.46. The quantitative estimate of drug-likeness (QED) is 0.929. The predicted molar refractivity (Wildman–Crippen MR) is 82.6 cm³/mol. The Hall–Kier alpha value is -1.06. The van der Waals surface area contributed by atoms with E-state index in [2.05, 4.69) is 0 Å². The Bertz CT molecular complexity index is 460. The smallest absolute Gasteiger partial charge is 0.225 e. The summed E-state index contributed by atoms with van der Waals surface area (Å²) in [6.07, 6.45) is 3.88. The van der Waals surface area contributed by atoms with E-state index in [9.17, 15) is 4.79 Å². The van der Waals surface area contributed by atoms with Crippen LogP contribution in [0.1, 0.15) is 44.2 Å². The maximum atomic E-state index is 12.6. The van der Waals surface area contributed by atoms with Crippen molar-refractivity contribution in [2.24, 2.45) is 11.7 Å². The first-order valence-corrected chi connectivity index (χ1v) is 7.64. The molecule has 2 N–H and O–H groups in total. The Balaban J connectivity index is 2.03. The van der Waals surface area contributed by atoms with Crippen LogP contribution in [-0.4, -0.2) is 23.9 Å². The molecule has 1 aliphatic carbocycles. The van der Waals surface area contributed by atoms with Crippen LogP contribution in [0.2, 0.25) is 5.02 Å². The molecule has 1 amide bonds. The summed E-state index contributed by atoms with van der Waals surface area (Å²) in [6, 6.07) is 7.91. The molecule has 1 aliphatic rings. The Labute approximate surface area is 126 Å². The number of hydrogen-bond acceptors (Lipinski definition) is 2. The Morgan fingerprint density at radius 2 is 2.00 bits per heavy atom. The lowest BCUT2D eigenvalue weighted by atomic mass is 9.85. The number of rotatable bonds is 3. The molecule has 110 valence electrons. The van der Waals surface area contributed by atoms with Gasteiger partial charge < -0.3 is 10.6 Å². The summed E-state index contributed by atoms with van der Waals surface area (Å²) in [4.78, 5) is 14.4. The number of halogens is 1. The highest BCUT2D eigenvalue weighted by molar-refractivity contribution is 6.30. The van der Waals surface area contributed by atoms with Gasteiger partial charge in [-0.3, -0.25) is 4.79 Å². The van der Waals surface area contributed by atoms with Crippen LogP contribution in [-0.2, 0) is 4.79 Å². The minimum Gasteiger partial charge on any atom is -0.339 e. The minimum atomic E-state index is 0.0536. The predicted octanol–water partition coefficient (Wildman–Crippen LogP) is 3.38. The van der Waals surface area contributed by atoms with Crippen molar-refractivity contribution >= 4 is 17.5 Å². The molecule has 0 saturated heterocycles. The summed E-state index contributed by atoms with van der Waals surface area (Å²) in [5.41, 5.74) is 7.08. The molecule has 0 radical (unpaired) electrons. The fourth-order valence-corrected chi connectivity index (χ4v) is 3.02. The van der Waals surface area contributed by atoms with Crippen LogP contribution in [0.25, 0.3) is 0 Å². The van der Waals surface area contributed by atoms with Gasteiger partial charge in [0.2, 0.25) is 5.91 Å². The first-order valence-electron chi connectivity index (χ1n) is 7.26. The fraction of sp³-hybridized carbons (Fsp3) is 0.562.